The number of rotatable bonds is 5. The lowest BCUT2D eigenvalue weighted by Gasteiger charge is -2.06. The molecule has 1 heterocycles. The first kappa shape index (κ1) is 16.4. The number of carboxylic acid groups (broad SMARTS) is 1. The highest BCUT2D eigenvalue weighted by atomic mass is 32.2. The van der Waals surface area contributed by atoms with Crippen molar-refractivity contribution in [3.63, 3.8) is 0 Å². The van der Waals surface area contributed by atoms with Gasteiger partial charge in [0.15, 0.2) is 5.82 Å². The molecule has 0 aliphatic carbocycles. The van der Waals surface area contributed by atoms with Gasteiger partial charge in [0.25, 0.3) is 0 Å². The molecule has 2 N–H and O–H groups in total. The van der Waals surface area contributed by atoms with Crippen molar-refractivity contribution in [2.24, 2.45) is 0 Å². The highest BCUT2D eigenvalue weighted by Crippen LogP contribution is 2.28. The summed E-state index contributed by atoms with van der Waals surface area (Å²) in [5.41, 5.74) is 3.13. The molecule has 0 bridgehead atoms. The van der Waals surface area contributed by atoms with Crippen LogP contribution in [0.5, 0.6) is 0 Å². The van der Waals surface area contributed by atoms with Gasteiger partial charge in [0.1, 0.15) is 0 Å². The first-order valence-corrected chi connectivity index (χ1v) is 9.04. The van der Waals surface area contributed by atoms with Crippen molar-refractivity contribution < 1.29 is 9.90 Å². The minimum absolute atomic E-state index is 0.0611. The van der Waals surface area contributed by atoms with Gasteiger partial charge in [0.05, 0.1) is 5.75 Å². The van der Waals surface area contributed by atoms with Gasteiger partial charge in [-0.25, -0.2) is 4.98 Å². The summed E-state index contributed by atoms with van der Waals surface area (Å²) in [6.45, 7) is 0. The van der Waals surface area contributed by atoms with Crippen LogP contribution in [0, 0.1) is 0 Å². The molecular weight excluding hydrogens is 346 g/mol. The molecule has 0 unspecified atom stereocenters. The number of hydrogen-bond acceptors (Lipinski definition) is 4. The molecule has 26 heavy (non-hydrogen) atoms. The molecule has 1 aromatic heterocycles. The van der Waals surface area contributed by atoms with Crippen LogP contribution in [0.2, 0.25) is 0 Å². The van der Waals surface area contributed by atoms with Gasteiger partial charge >= 0.3 is 5.97 Å². The lowest BCUT2D eigenvalue weighted by molar-refractivity contribution is -0.133. The number of H-pyrrole nitrogens is 1. The molecule has 0 amide bonds. The van der Waals surface area contributed by atoms with Gasteiger partial charge in [-0.3, -0.25) is 9.89 Å². The molecule has 0 aliphatic heterocycles. The summed E-state index contributed by atoms with van der Waals surface area (Å²) in [6.07, 6.45) is 0. The molecule has 0 fully saturated rings. The van der Waals surface area contributed by atoms with Gasteiger partial charge in [-0.05, 0) is 34.0 Å². The fourth-order valence-electron chi connectivity index (χ4n) is 2.78. The number of fused-ring (bicyclic) bond motifs is 1. The molecule has 0 aliphatic rings. The number of carboxylic acids is 1. The minimum Gasteiger partial charge on any atom is -0.481 e. The third kappa shape index (κ3) is 3.45. The topological polar surface area (TPSA) is 78.9 Å². The number of hydrogen-bond donors (Lipinski definition) is 2. The number of carbonyl (C=O) groups is 1. The SMILES string of the molecule is O=C(O)CSc1n[nH]c(-c2cccc(-c3ccc4ccccc4c3)c2)n1. The van der Waals surface area contributed by atoms with Crippen LogP contribution < -0.4 is 0 Å². The lowest BCUT2D eigenvalue weighted by atomic mass is 9.99. The van der Waals surface area contributed by atoms with Crippen LogP contribution in [-0.2, 0) is 4.79 Å². The number of benzene rings is 3. The monoisotopic (exact) mass is 361 g/mol. The van der Waals surface area contributed by atoms with E-state index in [1.54, 1.807) is 0 Å². The van der Waals surface area contributed by atoms with Gasteiger partial charge in [-0.1, -0.05) is 66.4 Å². The Labute approximate surface area is 154 Å². The maximum atomic E-state index is 10.7. The van der Waals surface area contributed by atoms with E-state index in [0.717, 1.165) is 28.5 Å². The summed E-state index contributed by atoms with van der Waals surface area (Å²) in [5, 5.41) is 18.5. The number of aliphatic carboxylic acids is 1. The van der Waals surface area contributed by atoms with Crippen LogP contribution in [0.1, 0.15) is 0 Å². The third-order valence-corrected chi connectivity index (χ3v) is 4.84. The zero-order valence-electron chi connectivity index (χ0n) is 13.7. The second-order valence-electron chi connectivity index (χ2n) is 5.79. The normalized spacial score (nSPS) is 10.9. The van der Waals surface area contributed by atoms with Crippen molar-refractivity contribution in [1.29, 1.82) is 0 Å². The van der Waals surface area contributed by atoms with Gasteiger partial charge in [0.2, 0.25) is 5.16 Å². The van der Waals surface area contributed by atoms with Gasteiger partial charge in [0, 0.05) is 5.56 Å². The Balaban J connectivity index is 1.64. The lowest BCUT2D eigenvalue weighted by Crippen LogP contribution is -1.97. The van der Waals surface area contributed by atoms with E-state index in [9.17, 15) is 4.79 Å². The third-order valence-electron chi connectivity index (χ3n) is 4.01. The standard InChI is InChI=1S/C20H15N3O2S/c24-18(25)12-26-20-21-19(22-23-20)17-7-3-6-15(11-17)16-9-8-13-4-1-2-5-14(13)10-16/h1-11H,12H2,(H,24,25)(H,21,22,23). The van der Waals surface area contributed by atoms with Crippen LogP contribution in [0.15, 0.2) is 71.9 Å². The van der Waals surface area contributed by atoms with E-state index >= 15 is 0 Å². The maximum absolute atomic E-state index is 10.7. The van der Waals surface area contributed by atoms with E-state index in [0.29, 0.717) is 11.0 Å². The van der Waals surface area contributed by atoms with Crippen molar-refractivity contribution in [3.05, 3.63) is 66.7 Å². The fourth-order valence-corrected chi connectivity index (χ4v) is 3.30. The number of thioether (sulfide) groups is 1. The van der Waals surface area contributed by atoms with Crippen LogP contribution in [-0.4, -0.2) is 32.0 Å². The highest BCUT2D eigenvalue weighted by molar-refractivity contribution is 7.99. The second kappa shape index (κ2) is 7.01. The zero-order chi connectivity index (χ0) is 17.9. The number of nitrogens with one attached hydrogen (secondary N) is 1. The average molecular weight is 361 g/mol. The molecule has 0 radical (unpaired) electrons. The van der Waals surface area contributed by atoms with E-state index < -0.39 is 5.97 Å². The van der Waals surface area contributed by atoms with Gasteiger partial charge < -0.3 is 5.11 Å². The first-order chi connectivity index (χ1) is 12.7. The maximum Gasteiger partial charge on any atom is 0.313 e. The quantitative estimate of drug-likeness (QED) is 0.513. The molecule has 4 aromatic rings. The van der Waals surface area contributed by atoms with Crippen LogP contribution in [0.3, 0.4) is 0 Å². The molecule has 4 rings (SSSR count). The summed E-state index contributed by atoms with van der Waals surface area (Å²) in [6, 6.07) is 22.7. The molecule has 0 spiro atoms. The average Bonchev–Trinajstić information content (AvgIpc) is 3.15. The molecule has 128 valence electrons. The summed E-state index contributed by atoms with van der Waals surface area (Å²) in [4.78, 5) is 15.0. The molecule has 0 atom stereocenters. The Morgan fingerprint density at radius 3 is 2.54 bits per heavy atom. The predicted octanol–water partition coefficient (Wildman–Crippen LogP) is 4.47. The van der Waals surface area contributed by atoms with Crippen molar-refractivity contribution in [3.8, 4) is 22.5 Å². The molecule has 3 aromatic carbocycles. The Kier molecular flexibility index (Phi) is 4.41. The highest BCUT2D eigenvalue weighted by Gasteiger charge is 2.09. The van der Waals surface area contributed by atoms with E-state index in [-0.39, 0.29) is 5.75 Å². The second-order valence-corrected chi connectivity index (χ2v) is 6.73. The molecule has 0 saturated heterocycles. The zero-order valence-corrected chi connectivity index (χ0v) is 14.5. The van der Waals surface area contributed by atoms with E-state index in [1.807, 2.05) is 24.3 Å². The largest absolute Gasteiger partial charge is 0.481 e. The van der Waals surface area contributed by atoms with Crippen molar-refractivity contribution in [1.82, 2.24) is 15.2 Å². The Morgan fingerprint density at radius 1 is 0.923 bits per heavy atom. The summed E-state index contributed by atoms with van der Waals surface area (Å²) in [7, 11) is 0. The molecule has 5 nitrogen and oxygen atoms in total. The van der Waals surface area contributed by atoms with Crippen molar-refractivity contribution in [2.45, 2.75) is 5.16 Å². The summed E-state index contributed by atoms with van der Waals surface area (Å²) >= 11 is 1.09. The number of nitrogens with zero attached hydrogens (tertiary/aromatic N) is 2. The number of aromatic nitrogens is 3. The smallest absolute Gasteiger partial charge is 0.313 e. The molecular formula is C20H15N3O2S. The van der Waals surface area contributed by atoms with Crippen LogP contribution in [0.4, 0.5) is 0 Å². The predicted molar refractivity (Wildman–Crippen MR) is 103 cm³/mol. The van der Waals surface area contributed by atoms with Gasteiger partial charge in [-0.15, -0.1) is 5.10 Å². The van der Waals surface area contributed by atoms with Gasteiger partial charge in [-0.2, -0.15) is 0 Å². The minimum atomic E-state index is -0.889. The Hall–Kier alpha value is -3.12. The molecule has 0 saturated carbocycles. The summed E-state index contributed by atoms with van der Waals surface area (Å²) in [5.74, 6) is -0.325. The number of aromatic amines is 1. The van der Waals surface area contributed by atoms with Crippen LogP contribution >= 0.6 is 11.8 Å². The van der Waals surface area contributed by atoms with Crippen LogP contribution in [0.25, 0.3) is 33.3 Å². The van der Waals surface area contributed by atoms with Crippen molar-refractivity contribution in [2.75, 3.05) is 5.75 Å². The molecule has 6 heteroatoms. The van der Waals surface area contributed by atoms with Crippen molar-refractivity contribution >= 4 is 28.5 Å². The van der Waals surface area contributed by atoms with E-state index in [2.05, 4.69) is 57.6 Å². The first-order valence-electron chi connectivity index (χ1n) is 8.06. The Bertz CT molecular complexity index is 1090. The summed E-state index contributed by atoms with van der Waals surface area (Å²) < 4.78 is 0. The van der Waals surface area contributed by atoms with E-state index in [1.165, 1.54) is 10.8 Å². The fraction of sp³-hybridized carbons (Fsp3) is 0.0500. The van der Waals surface area contributed by atoms with E-state index in [4.69, 9.17) is 5.11 Å². The Morgan fingerprint density at radius 2 is 1.69 bits per heavy atom.